The first-order chi connectivity index (χ1) is 18.4. The standard InChI is InChI=1S/C27H32ClN7O3Si/c1-27(2,3)39(5,6)38-17-7-16-35(29-4)21-11-9-20(10-12-21)33-25(36)23-24(31-15-14-30-23)26(37)34-22-13-8-19(28)18-32-22/h8-15,18H,7,16-17H2,1-3,5-6H3,(H,33,36)(H,32,34,37). The molecule has 0 unspecified atom stereocenters. The van der Waals surface area contributed by atoms with Gasteiger partial charge in [-0.3, -0.25) is 9.59 Å². The van der Waals surface area contributed by atoms with Gasteiger partial charge in [0.1, 0.15) is 11.5 Å². The molecule has 0 bridgehead atoms. The van der Waals surface area contributed by atoms with Crippen LogP contribution in [0.25, 0.3) is 4.95 Å². The predicted octanol–water partition coefficient (Wildman–Crippen LogP) is 6.08. The molecule has 2 N–H and O–H groups in total. The normalized spacial score (nSPS) is 11.4. The Morgan fingerprint density at radius 2 is 1.62 bits per heavy atom. The van der Waals surface area contributed by atoms with Gasteiger partial charge in [-0.05, 0) is 61.0 Å². The fourth-order valence-corrected chi connectivity index (χ4v) is 4.40. The Morgan fingerprint density at radius 3 is 2.15 bits per heavy atom. The van der Waals surface area contributed by atoms with E-state index in [9.17, 15) is 9.59 Å². The highest BCUT2D eigenvalue weighted by molar-refractivity contribution is 6.74. The molecular formula is C27H32ClN7O3Si. The molecular weight excluding hydrogens is 534 g/mol. The van der Waals surface area contributed by atoms with Gasteiger partial charge in [0, 0.05) is 30.9 Å². The minimum absolute atomic E-state index is 0.135. The summed E-state index contributed by atoms with van der Waals surface area (Å²) in [6.07, 6.45) is 4.77. The molecule has 0 spiro atoms. The molecule has 2 amide bonds. The Bertz CT molecular complexity index is 1340. The Balaban J connectivity index is 1.61. The average molecular weight is 566 g/mol. The molecule has 39 heavy (non-hydrogen) atoms. The summed E-state index contributed by atoms with van der Waals surface area (Å²) in [6, 6.07) is 9.98. The van der Waals surface area contributed by atoms with Crippen molar-refractivity contribution < 1.29 is 14.0 Å². The lowest BCUT2D eigenvalue weighted by molar-refractivity contribution is 0.0982. The van der Waals surface area contributed by atoms with Gasteiger partial charge in [0.15, 0.2) is 19.7 Å². The van der Waals surface area contributed by atoms with E-state index in [1.165, 1.54) is 24.7 Å². The number of hydrogen-bond donors (Lipinski definition) is 2. The fourth-order valence-electron chi connectivity index (χ4n) is 3.20. The first-order valence-electron chi connectivity index (χ1n) is 12.4. The summed E-state index contributed by atoms with van der Waals surface area (Å²) in [5.41, 5.74) is 0.886. The second kappa shape index (κ2) is 12.8. The third-order valence-corrected chi connectivity index (χ3v) is 11.2. The van der Waals surface area contributed by atoms with Crippen LogP contribution in [0.1, 0.15) is 48.2 Å². The van der Waals surface area contributed by atoms with Gasteiger partial charge >= 0.3 is 0 Å². The molecule has 2 heterocycles. The van der Waals surface area contributed by atoms with Crippen molar-refractivity contribution in [2.45, 2.75) is 45.3 Å². The molecule has 0 radical (unpaired) electrons. The predicted molar refractivity (Wildman–Crippen MR) is 155 cm³/mol. The van der Waals surface area contributed by atoms with Gasteiger partial charge < -0.3 is 15.1 Å². The van der Waals surface area contributed by atoms with E-state index in [1.54, 1.807) is 35.3 Å². The van der Waals surface area contributed by atoms with E-state index in [2.05, 4.69) is 64.4 Å². The average Bonchev–Trinajstić information content (AvgIpc) is 2.90. The number of amides is 2. The Morgan fingerprint density at radius 1 is 1.00 bits per heavy atom. The number of pyridine rings is 1. The summed E-state index contributed by atoms with van der Waals surface area (Å²) in [7, 11) is -1.83. The van der Waals surface area contributed by atoms with Crippen molar-refractivity contribution in [3.63, 3.8) is 0 Å². The molecule has 0 aliphatic rings. The molecule has 0 saturated carbocycles. The molecule has 3 rings (SSSR count). The van der Waals surface area contributed by atoms with Crippen LogP contribution in [0.5, 0.6) is 0 Å². The van der Waals surface area contributed by atoms with E-state index < -0.39 is 20.1 Å². The Kier molecular flexibility index (Phi) is 9.74. The SMILES string of the molecule is [C-]#[N+]N(CCCO[Si](C)(C)C(C)(C)C)c1ccc(NC(=O)c2nccnc2C(=O)Nc2ccc(Cl)cn2)cc1. The van der Waals surface area contributed by atoms with Crippen molar-refractivity contribution in [2.75, 3.05) is 28.8 Å². The highest BCUT2D eigenvalue weighted by Gasteiger charge is 2.36. The van der Waals surface area contributed by atoms with Crippen LogP contribution in [0.4, 0.5) is 17.2 Å². The molecule has 2 aromatic heterocycles. The second-order valence-electron chi connectivity index (χ2n) is 10.3. The number of carbonyl (C=O) groups excluding carboxylic acids is 2. The summed E-state index contributed by atoms with van der Waals surface area (Å²) in [5, 5.41) is 7.43. The maximum atomic E-state index is 12.9. The number of carbonyl (C=O) groups is 2. The van der Waals surface area contributed by atoms with Crippen molar-refractivity contribution >= 4 is 48.9 Å². The molecule has 0 aliphatic carbocycles. The lowest BCUT2D eigenvalue weighted by atomic mass is 10.2. The largest absolute Gasteiger partial charge is 0.417 e. The van der Waals surface area contributed by atoms with Gasteiger partial charge in [0.2, 0.25) is 0 Å². The highest BCUT2D eigenvalue weighted by Crippen LogP contribution is 2.36. The molecule has 0 fully saturated rings. The van der Waals surface area contributed by atoms with Crippen LogP contribution in [0.15, 0.2) is 55.0 Å². The van der Waals surface area contributed by atoms with E-state index in [0.717, 1.165) is 6.42 Å². The van der Waals surface area contributed by atoms with E-state index in [-0.39, 0.29) is 22.2 Å². The number of halogens is 1. The van der Waals surface area contributed by atoms with E-state index in [4.69, 9.17) is 22.6 Å². The molecule has 12 heteroatoms. The third kappa shape index (κ3) is 8.07. The summed E-state index contributed by atoms with van der Waals surface area (Å²) in [4.78, 5) is 41.4. The maximum absolute atomic E-state index is 12.9. The second-order valence-corrected chi connectivity index (χ2v) is 15.5. The van der Waals surface area contributed by atoms with Crippen LogP contribution >= 0.6 is 11.6 Å². The molecule has 1 aromatic carbocycles. The molecule has 3 aromatic rings. The van der Waals surface area contributed by atoms with E-state index in [0.29, 0.717) is 29.5 Å². The van der Waals surface area contributed by atoms with Gasteiger partial charge in [-0.15, -0.1) is 0 Å². The molecule has 204 valence electrons. The quantitative estimate of drug-likeness (QED) is 0.132. The fraction of sp³-hybridized carbons (Fsp3) is 0.333. The number of nitrogens with one attached hydrogen (secondary N) is 2. The lowest BCUT2D eigenvalue weighted by Gasteiger charge is -2.36. The minimum atomic E-state index is -1.83. The zero-order valence-corrected chi connectivity index (χ0v) is 24.4. The van der Waals surface area contributed by atoms with Gasteiger partial charge in [-0.25, -0.2) is 15.0 Å². The van der Waals surface area contributed by atoms with Crippen LogP contribution in [-0.2, 0) is 4.43 Å². The number of nitrogens with zero attached hydrogens (tertiary/aromatic N) is 5. The monoisotopic (exact) mass is 565 g/mol. The van der Waals surface area contributed by atoms with Crippen molar-refractivity contribution in [2.24, 2.45) is 0 Å². The van der Waals surface area contributed by atoms with E-state index >= 15 is 0 Å². The third-order valence-electron chi connectivity index (χ3n) is 6.42. The molecule has 0 aliphatic heterocycles. The summed E-state index contributed by atoms with van der Waals surface area (Å²) < 4.78 is 6.21. The summed E-state index contributed by atoms with van der Waals surface area (Å²) >= 11 is 5.83. The topological polar surface area (TPSA) is 114 Å². The van der Waals surface area contributed by atoms with Crippen LogP contribution in [-0.4, -0.2) is 48.2 Å². The maximum Gasteiger partial charge on any atom is 0.277 e. The Labute approximate surface area is 234 Å². The van der Waals surface area contributed by atoms with Crippen LogP contribution in [0.2, 0.25) is 23.2 Å². The number of rotatable bonds is 10. The molecule has 10 nitrogen and oxygen atoms in total. The summed E-state index contributed by atoms with van der Waals surface area (Å²) in [5.74, 6) is -0.980. The van der Waals surface area contributed by atoms with Crippen molar-refractivity contribution in [3.05, 3.63) is 82.9 Å². The number of aromatic nitrogens is 3. The lowest BCUT2D eigenvalue weighted by Crippen LogP contribution is -2.41. The van der Waals surface area contributed by atoms with Gasteiger partial charge in [-0.1, -0.05) is 37.4 Å². The van der Waals surface area contributed by atoms with Crippen molar-refractivity contribution in [3.8, 4) is 0 Å². The highest BCUT2D eigenvalue weighted by atomic mass is 35.5. The number of benzene rings is 1. The smallest absolute Gasteiger partial charge is 0.277 e. The van der Waals surface area contributed by atoms with Gasteiger partial charge in [-0.2, -0.15) is 11.5 Å². The number of hydrogen-bond acceptors (Lipinski definition) is 7. The van der Waals surface area contributed by atoms with Crippen molar-refractivity contribution in [1.82, 2.24) is 15.0 Å². The molecule has 0 saturated heterocycles. The van der Waals surface area contributed by atoms with Crippen LogP contribution in [0.3, 0.4) is 0 Å². The van der Waals surface area contributed by atoms with Gasteiger partial charge in [0.05, 0.1) is 11.6 Å². The molecule has 0 atom stereocenters. The first-order valence-corrected chi connectivity index (χ1v) is 15.6. The van der Waals surface area contributed by atoms with Crippen LogP contribution in [0, 0.1) is 6.57 Å². The Hall–Kier alpha value is -3.85. The zero-order valence-electron chi connectivity index (χ0n) is 22.7. The number of anilines is 3. The first kappa shape index (κ1) is 29.7. The van der Waals surface area contributed by atoms with E-state index in [1.807, 2.05) is 0 Å². The summed E-state index contributed by atoms with van der Waals surface area (Å²) in [6.45, 7) is 19.7. The van der Waals surface area contributed by atoms with Gasteiger partial charge in [0.25, 0.3) is 11.8 Å². The van der Waals surface area contributed by atoms with Crippen LogP contribution < -0.4 is 15.6 Å². The zero-order chi connectivity index (χ0) is 28.6. The van der Waals surface area contributed by atoms with Crippen molar-refractivity contribution in [1.29, 1.82) is 0 Å². The minimum Gasteiger partial charge on any atom is -0.417 e.